The molecule has 0 N–H and O–H groups in total. The zero-order chi connectivity index (χ0) is 27.4. The van der Waals surface area contributed by atoms with E-state index in [1.807, 2.05) is 6.07 Å². The Hall–Kier alpha value is -5.52. The number of rotatable bonds is 3. The van der Waals surface area contributed by atoms with E-state index < -0.39 is 5.41 Å². The summed E-state index contributed by atoms with van der Waals surface area (Å²) in [5.41, 5.74) is 9.41. The zero-order valence-electron chi connectivity index (χ0n) is 22.3. The van der Waals surface area contributed by atoms with Crippen molar-refractivity contribution in [2.45, 2.75) is 5.41 Å². The molecule has 190 valence electrons. The normalized spacial score (nSPS) is 13.0. The molecule has 1 heterocycles. The van der Waals surface area contributed by atoms with Gasteiger partial charge in [-0.15, -0.1) is 0 Å². The van der Waals surface area contributed by atoms with Gasteiger partial charge in [-0.1, -0.05) is 121 Å². The number of nitrogens with zero attached hydrogens (tertiary/aromatic N) is 2. The predicted molar refractivity (Wildman–Crippen MR) is 167 cm³/mol. The van der Waals surface area contributed by atoms with Crippen molar-refractivity contribution < 1.29 is 0 Å². The Morgan fingerprint density at radius 3 is 1.85 bits per heavy atom. The smallest absolute Gasteiger partial charge is 0.0992 e. The SMILES string of the molecule is N#Cc1ccnc(-c2cc3c(c4ccccc24)-c2c(ccc4ccccc24)C3(c2ccccc2)c2ccccc2)c1. The molecule has 1 aliphatic rings. The van der Waals surface area contributed by atoms with E-state index in [1.165, 1.54) is 49.5 Å². The van der Waals surface area contributed by atoms with E-state index in [2.05, 4.69) is 133 Å². The van der Waals surface area contributed by atoms with Gasteiger partial charge < -0.3 is 0 Å². The molecule has 7 aromatic rings. The van der Waals surface area contributed by atoms with Crippen LogP contribution in [0.4, 0.5) is 0 Å². The van der Waals surface area contributed by atoms with E-state index in [1.54, 1.807) is 12.3 Å². The Labute approximate surface area is 238 Å². The molecule has 2 nitrogen and oxygen atoms in total. The van der Waals surface area contributed by atoms with E-state index >= 15 is 0 Å². The highest BCUT2D eigenvalue weighted by Gasteiger charge is 2.47. The first-order valence-corrected chi connectivity index (χ1v) is 13.9. The second-order valence-electron chi connectivity index (χ2n) is 10.6. The van der Waals surface area contributed by atoms with Crippen molar-refractivity contribution in [3.63, 3.8) is 0 Å². The summed E-state index contributed by atoms with van der Waals surface area (Å²) in [5, 5.41) is 14.5. The maximum absolute atomic E-state index is 9.70. The highest BCUT2D eigenvalue weighted by Crippen LogP contribution is 2.60. The Balaban J connectivity index is 1.63. The van der Waals surface area contributed by atoms with Crippen LogP contribution >= 0.6 is 0 Å². The number of nitriles is 1. The lowest BCUT2D eigenvalue weighted by Gasteiger charge is -2.34. The predicted octanol–water partition coefficient (Wildman–Crippen LogP) is 9.29. The van der Waals surface area contributed by atoms with Crippen LogP contribution in [0.1, 0.15) is 27.8 Å². The third kappa shape index (κ3) is 3.27. The van der Waals surface area contributed by atoms with Gasteiger partial charge in [-0.05, 0) is 73.1 Å². The molecule has 0 saturated carbocycles. The van der Waals surface area contributed by atoms with Gasteiger partial charge in [-0.3, -0.25) is 4.98 Å². The fourth-order valence-electron chi connectivity index (χ4n) is 6.96. The highest BCUT2D eigenvalue weighted by atomic mass is 14.7. The lowest BCUT2D eigenvalue weighted by Crippen LogP contribution is -2.28. The van der Waals surface area contributed by atoms with E-state index in [9.17, 15) is 5.26 Å². The summed E-state index contributed by atoms with van der Waals surface area (Å²) < 4.78 is 0. The quantitative estimate of drug-likeness (QED) is 0.233. The van der Waals surface area contributed by atoms with Gasteiger partial charge in [0.2, 0.25) is 0 Å². The molecule has 0 atom stereocenters. The number of pyridine rings is 1. The third-order valence-corrected chi connectivity index (χ3v) is 8.61. The molecule has 0 aliphatic heterocycles. The van der Waals surface area contributed by atoms with Gasteiger partial charge in [0.15, 0.2) is 0 Å². The summed E-state index contributed by atoms with van der Waals surface area (Å²) in [6.45, 7) is 0. The molecule has 0 fully saturated rings. The van der Waals surface area contributed by atoms with Crippen LogP contribution in [-0.2, 0) is 5.41 Å². The van der Waals surface area contributed by atoms with Crippen molar-refractivity contribution in [1.82, 2.24) is 4.98 Å². The molecule has 1 aliphatic carbocycles. The molecule has 41 heavy (non-hydrogen) atoms. The van der Waals surface area contributed by atoms with Crippen molar-refractivity contribution in [2.24, 2.45) is 0 Å². The second-order valence-corrected chi connectivity index (χ2v) is 10.6. The van der Waals surface area contributed by atoms with Crippen molar-refractivity contribution >= 4 is 21.5 Å². The molecule has 0 saturated heterocycles. The molecule has 0 amide bonds. The Morgan fingerprint density at radius 2 is 1.15 bits per heavy atom. The molecule has 0 bridgehead atoms. The van der Waals surface area contributed by atoms with Crippen LogP contribution < -0.4 is 0 Å². The average molecular weight is 521 g/mol. The minimum Gasteiger partial charge on any atom is -0.256 e. The fraction of sp³-hybridized carbons (Fsp3) is 0.0256. The van der Waals surface area contributed by atoms with Crippen LogP contribution in [0, 0.1) is 11.3 Å². The summed E-state index contributed by atoms with van der Waals surface area (Å²) >= 11 is 0. The Kier molecular flexibility index (Phi) is 5.14. The van der Waals surface area contributed by atoms with Gasteiger partial charge in [0.25, 0.3) is 0 Å². The molecule has 8 rings (SSSR count). The van der Waals surface area contributed by atoms with Gasteiger partial charge in [-0.25, -0.2) is 0 Å². The number of fused-ring (bicyclic) bond motifs is 7. The highest BCUT2D eigenvalue weighted by molar-refractivity contribution is 6.15. The van der Waals surface area contributed by atoms with E-state index in [0.29, 0.717) is 5.56 Å². The first kappa shape index (κ1) is 23.4. The standard InChI is InChI=1S/C39H24N2/c40-25-26-21-22-41-36(23-26)33-24-35-38(32-18-10-9-17-31(32)33)37-30-16-8-7-11-27(30)19-20-34(37)39(35,28-12-3-1-4-13-28)29-14-5-2-6-15-29/h1-24H. The second kappa shape index (κ2) is 9.01. The maximum atomic E-state index is 9.70. The fourth-order valence-corrected chi connectivity index (χ4v) is 6.96. The van der Waals surface area contributed by atoms with Gasteiger partial charge in [0, 0.05) is 11.8 Å². The summed E-state index contributed by atoms with van der Waals surface area (Å²) in [7, 11) is 0. The minimum absolute atomic E-state index is 0.539. The lowest BCUT2D eigenvalue weighted by atomic mass is 9.67. The van der Waals surface area contributed by atoms with Crippen molar-refractivity contribution in [3.8, 4) is 28.5 Å². The topological polar surface area (TPSA) is 36.7 Å². The van der Waals surface area contributed by atoms with Gasteiger partial charge >= 0.3 is 0 Å². The summed E-state index contributed by atoms with van der Waals surface area (Å²) in [6, 6.07) is 52.0. The molecular weight excluding hydrogens is 496 g/mol. The van der Waals surface area contributed by atoms with Crippen molar-refractivity contribution in [1.29, 1.82) is 5.26 Å². The molecule has 2 heteroatoms. The largest absolute Gasteiger partial charge is 0.256 e. The Morgan fingerprint density at radius 1 is 0.537 bits per heavy atom. The van der Waals surface area contributed by atoms with E-state index in [-0.39, 0.29) is 0 Å². The van der Waals surface area contributed by atoms with E-state index in [4.69, 9.17) is 4.98 Å². The van der Waals surface area contributed by atoms with Gasteiger partial charge in [0.1, 0.15) is 0 Å². The van der Waals surface area contributed by atoms with E-state index in [0.717, 1.165) is 16.6 Å². The Bertz CT molecular complexity index is 2120. The van der Waals surface area contributed by atoms with Crippen LogP contribution in [0.5, 0.6) is 0 Å². The lowest BCUT2D eigenvalue weighted by molar-refractivity contribution is 0.770. The number of aromatic nitrogens is 1. The van der Waals surface area contributed by atoms with Gasteiger partial charge in [0.05, 0.1) is 22.7 Å². The first-order valence-electron chi connectivity index (χ1n) is 13.9. The van der Waals surface area contributed by atoms with Crippen molar-refractivity contribution in [3.05, 3.63) is 174 Å². The molecule has 6 aromatic carbocycles. The van der Waals surface area contributed by atoms with Crippen LogP contribution in [0.15, 0.2) is 146 Å². The van der Waals surface area contributed by atoms with Crippen LogP contribution in [0.2, 0.25) is 0 Å². The summed E-state index contributed by atoms with van der Waals surface area (Å²) in [5.74, 6) is 0. The average Bonchev–Trinajstić information content (AvgIpc) is 3.37. The number of hydrogen-bond acceptors (Lipinski definition) is 2. The summed E-state index contributed by atoms with van der Waals surface area (Å²) in [6.07, 6.45) is 1.74. The van der Waals surface area contributed by atoms with Crippen molar-refractivity contribution in [2.75, 3.05) is 0 Å². The van der Waals surface area contributed by atoms with Crippen LogP contribution in [0.3, 0.4) is 0 Å². The molecule has 0 radical (unpaired) electrons. The third-order valence-electron chi connectivity index (χ3n) is 8.61. The maximum Gasteiger partial charge on any atom is 0.0992 e. The first-order chi connectivity index (χ1) is 20.3. The van der Waals surface area contributed by atoms with Crippen LogP contribution in [0.25, 0.3) is 43.9 Å². The van der Waals surface area contributed by atoms with Crippen LogP contribution in [-0.4, -0.2) is 4.98 Å². The number of hydrogen-bond donors (Lipinski definition) is 0. The molecule has 1 aromatic heterocycles. The molecule has 0 unspecified atom stereocenters. The van der Waals surface area contributed by atoms with Gasteiger partial charge in [-0.2, -0.15) is 5.26 Å². The summed E-state index contributed by atoms with van der Waals surface area (Å²) in [4.78, 5) is 4.77. The number of benzene rings is 6. The minimum atomic E-state index is -0.539. The molecular formula is C39H24N2. The zero-order valence-corrected chi connectivity index (χ0v) is 22.3. The monoisotopic (exact) mass is 520 g/mol. The molecule has 0 spiro atoms.